The molecule has 0 saturated carbocycles. The molecule has 6 heteroatoms. The van der Waals surface area contributed by atoms with Crippen LogP contribution in [0, 0.1) is 13.8 Å². The second kappa shape index (κ2) is 7.91. The van der Waals surface area contributed by atoms with E-state index >= 15 is 0 Å². The van der Waals surface area contributed by atoms with Gasteiger partial charge >= 0.3 is 6.18 Å². The molecule has 2 rings (SSSR count). The Labute approximate surface area is 151 Å². The summed E-state index contributed by atoms with van der Waals surface area (Å²) in [7, 11) is 1.64. The summed E-state index contributed by atoms with van der Waals surface area (Å²) in [4.78, 5) is 14.1. The molecule has 1 amide bonds. The zero-order valence-electron chi connectivity index (χ0n) is 15.3. The smallest absolute Gasteiger partial charge is 0.324 e. The molecular formula is C20H23F3N2O. The molecule has 1 N–H and O–H groups in total. The highest BCUT2D eigenvalue weighted by Crippen LogP contribution is 2.32. The number of hydrogen-bond donors (Lipinski definition) is 1. The summed E-state index contributed by atoms with van der Waals surface area (Å²) in [5.74, 6) is -0.259. The quantitative estimate of drug-likeness (QED) is 0.828. The minimum absolute atomic E-state index is 0.0249. The second-order valence-electron chi connectivity index (χ2n) is 6.55. The highest BCUT2D eigenvalue weighted by Gasteiger charge is 2.33. The van der Waals surface area contributed by atoms with E-state index in [1.807, 2.05) is 32.0 Å². The van der Waals surface area contributed by atoms with Gasteiger partial charge in [0.25, 0.3) is 0 Å². The first kappa shape index (κ1) is 20.0. The fourth-order valence-electron chi connectivity index (χ4n) is 2.65. The molecule has 1 unspecified atom stereocenters. The van der Waals surface area contributed by atoms with Crippen LogP contribution in [0.25, 0.3) is 0 Å². The van der Waals surface area contributed by atoms with Gasteiger partial charge in [0.05, 0.1) is 11.6 Å². The van der Waals surface area contributed by atoms with Gasteiger partial charge in [-0.2, -0.15) is 13.2 Å². The van der Waals surface area contributed by atoms with Crippen LogP contribution in [0.5, 0.6) is 0 Å². The summed E-state index contributed by atoms with van der Waals surface area (Å²) in [5, 5.41) is 2.86. The number of benzene rings is 2. The molecule has 2 aromatic carbocycles. The maximum absolute atomic E-state index is 13.1. The van der Waals surface area contributed by atoms with Crippen LogP contribution in [-0.2, 0) is 17.5 Å². The third-order valence-corrected chi connectivity index (χ3v) is 4.43. The third-order valence-electron chi connectivity index (χ3n) is 4.43. The molecule has 0 fully saturated rings. The van der Waals surface area contributed by atoms with E-state index < -0.39 is 17.8 Å². The number of carbonyl (C=O) groups is 1. The molecule has 0 radical (unpaired) electrons. The first-order valence-electron chi connectivity index (χ1n) is 8.33. The van der Waals surface area contributed by atoms with Gasteiger partial charge in [-0.15, -0.1) is 0 Å². The Morgan fingerprint density at radius 1 is 1.15 bits per heavy atom. The molecule has 0 aliphatic carbocycles. The zero-order valence-corrected chi connectivity index (χ0v) is 15.3. The molecule has 0 heterocycles. The first-order chi connectivity index (χ1) is 12.1. The minimum atomic E-state index is -4.42. The van der Waals surface area contributed by atoms with Gasteiger partial charge in [-0.1, -0.05) is 30.3 Å². The van der Waals surface area contributed by atoms with Crippen molar-refractivity contribution in [3.8, 4) is 0 Å². The number of carbonyl (C=O) groups excluding carboxylic acids is 1. The average molecular weight is 364 g/mol. The summed E-state index contributed by atoms with van der Waals surface area (Å²) in [6.45, 7) is 5.52. The van der Waals surface area contributed by atoms with Crippen LogP contribution in [0.4, 0.5) is 18.9 Å². The zero-order chi connectivity index (χ0) is 19.5. The highest BCUT2D eigenvalue weighted by atomic mass is 19.4. The Morgan fingerprint density at radius 2 is 1.81 bits per heavy atom. The molecule has 26 heavy (non-hydrogen) atoms. The summed E-state index contributed by atoms with van der Waals surface area (Å²) in [6, 6.07) is 10.6. The lowest BCUT2D eigenvalue weighted by Gasteiger charge is -2.25. The largest absolute Gasteiger partial charge is 0.416 e. The molecule has 0 aliphatic heterocycles. The number of nitrogens with zero attached hydrogens (tertiary/aromatic N) is 1. The molecule has 0 aliphatic rings. The molecule has 1 atom stereocenters. The van der Waals surface area contributed by atoms with Crippen molar-refractivity contribution in [1.82, 2.24) is 4.90 Å². The summed E-state index contributed by atoms with van der Waals surface area (Å²) in [5.41, 5.74) is 2.14. The molecule has 0 aromatic heterocycles. The number of likely N-dealkylation sites (N-methyl/N-ethyl adjacent to an activating group) is 1. The van der Waals surface area contributed by atoms with Gasteiger partial charge in [-0.05, 0) is 56.6 Å². The van der Waals surface area contributed by atoms with E-state index in [4.69, 9.17) is 0 Å². The minimum Gasteiger partial charge on any atom is -0.324 e. The van der Waals surface area contributed by atoms with Crippen LogP contribution in [0.3, 0.4) is 0 Å². The average Bonchev–Trinajstić information content (AvgIpc) is 2.56. The van der Waals surface area contributed by atoms with Gasteiger partial charge in [0.1, 0.15) is 0 Å². The highest BCUT2D eigenvalue weighted by molar-refractivity contribution is 5.95. The fraction of sp³-hybridized carbons (Fsp3) is 0.350. The van der Waals surface area contributed by atoms with Crippen LogP contribution in [0.15, 0.2) is 42.5 Å². The van der Waals surface area contributed by atoms with Crippen molar-refractivity contribution >= 4 is 11.6 Å². The van der Waals surface area contributed by atoms with E-state index in [2.05, 4.69) is 5.32 Å². The Morgan fingerprint density at radius 3 is 2.46 bits per heavy atom. The molecule has 0 spiro atoms. The topological polar surface area (TPSA) is 32.3 Å². The maximum Gasteiger partial charge on any atom is 0.416 e. The van der Waals surface area contributed by atoms with Crippen molar-refractivity contribution in [3.63, 3.8) is 0 Å². The Hall–Kier alpha value is -2.34. The van der Waals surface area contributed by atoms with E-state index in [1.54, 1.807) is 24.9 Å². The number of anilines is 1. The van der Waals surface area contributed by atoms with Crippen molar-refractivity contribution in [3.05, 3.63) is 64.7 Å². The Bertz CT molecular complexity index is 787. The van der Waals surface area contributed by atoms with E-state index in [-0.39, 0.29) is 18.0 Å². The predicted octanol–water partition coefficient (Wildman–Crippen LogP) is 4.78. The van der Waals surface area contributed by atoms with E-state index in [0.717, 1.165) is 17.2 Å². The second-order valence-corrected chi connectivity index (χ2v) is 6.55. The fourth-order valence-corrected chi connectivity index (χ4v) is 2.65. The van der Waals surface area contributed by atoms with Gasteiger partial charge in [0.15, 0.2) is 0 Å². The number of halogens is 3. The number of hydrogen-bond acceptors (Lipinski definition) is 2. The van der Waals surface area contributed by atoms with E-state index in [1.165, 1.54) is 12.1 Å². The van der Waals surface area contributed by atoms with Crippen LogP contribution in [-0.4, -0.2) is 23.9 Å². The van der Waals surface area contributed by atoms with Crippen molar-refractivity contribution in [1.29, 1.82) is 0 Å². The summed E-state index contributed by atoms with van der Waals surface area (Å²) < 4.78 is 39.4. The Balaban J connectivity index is 2.11. The first-order valence-corrected chi connectivity index (χ1v) is 8.33. The number of nitrogens with one attached hydrogen (secondary N) is 1. The maximum atomic E-state index is 13.1. The lowest BCUT2D eigenvalue weighted by molar-refractivity contribution is -0.138. The monoisotopic (exact) mass is 364 g/mol. The molecule has 3 nitrogen and oxygen atoms in total. The lowest BCUT2D eigenvalue weighted by atomic mass is 10.1. The van der Waals surface area contributed by atoms with Crippen molar-refractivity contribution < 1.29 is 18.0 Å². The summed E-state index contributed by atoms with van der Waals surface area (Å²) >= 11 is 0. The van der Waals surface area contributed by atoms with Crippen LogP contribution >= 0.6 is 0 Å². The summed E-state index contributed by atoms with van der Waals surface area (Å²) in [6.07, 6.45) is -4.42. The van der Waals surface area contributed by atoms with Gasteiger partial charge in [0, 0.05) is 12.2 Å². The van der Waals surface area contributed by atoms with Crippen LogP contribution in [0.1, 0.15) is 29.2 Å². The van der Waals surface area contributed by atoms with Crippen LogP contribution in [0.2, 0.25) is 0 Å². The molecule has 2 aromatic rings. The van der Waals surface area contributed by atoms with Crippen molar-refractivity contribution in [2.24, 2.45) is 0 Å². The predicted molar refractivity (Wildman–Crippen MR) is 96.9 cm³/mol. The standard InChI is InChI=1S/C20H23F3N2O/c1-13-9-10-14(2)18(11-13)24-19(26)15(3)25(4)12-16-7-5-6-8-17(16)20(21,22)23/h5-11,15H,12H2,1-4H3,(H,24,26). The van der Waals surface area contributed by atoms with E-state index in [9.17, 15) is 18.0 Å². The SMILES string of the molecule is Cc1ccc(C)c(NC(=O)C(C)N(C)Cc2ccccc2C(F)(F)F)c1. The van der Waals surface area contributed by atoms with Gasteiger partial charge in [-0.3, -0.25) is 9.69 Å². The number of aryl methyl sites for hydroxylation is 2. The molecule has 0 saturated heterocycles. The molecule has 0 bridgehead atoms. The normalized spacial score (nSPS) is 12.9. The Kier molecular flexibility index (Phi) is 6.08. The molecular weight excluding hydrogens is 341 g/mol. The van der Waals surface area contributed by atoms with Crippen molar-refractivity contribution in [2.45, 2.75) is 39.5 Å². The number of rotatable bonds is 5. The van der Waals surface area contributed by atoms with Crippen LogP contribution < -0.4 is 5.32 Å². The van der Waals surface area contributed by atoms with Gasteiger partial charge < -0.3 is 5.32 Å². The third kappa shape index (κ3) is 4.85. The molecule has 140 valence electrons. The van der Waals surface area contributed by atoms with E-state index in [0.29, 0.717) is 5.69 Å². The lowest BCUT2D eigenvalue weighted by Crippen LogP contribution is -2.39. The van der Waals surface area contributed by atoms with Gasteiger partial charge in [0.2, 0.25) is 5.91 Å². The number of amides is 1. The van der Waals surface area contributed by atoms with Gasteiger partial charge in [-0.25, -0.2) is 0 Å². The van der Waals surface area contributed by atoms with Crippen molar-refractivity contribution in [2.75, 3.05) is 12.4 Å². The number of alkyl halides is 3.